The zero-order valence-electron chi connectivity index (χ0n) is 5.80. The Kier molecular flexibility index (Phi) is 3.18. The van der Waals surface area contributed by atoms with Crippen molar-refractivity contribution in [1.29, 1.82) is 0 Å². The van der Waals surface area contributed by atoms with Crippen LogP contribution in [0, 0.1) is 0 Å². The van der Waals surface area contributed by atoms with Crippen molar-refractivity contribution in [3.8, 4) is 0 Å². The standard InChI is InChI=1S/C6H12N2O2/c9-5-8-6-3-7-1-2-10-4-6/h5-7H,1-4H2,(H,8,9). The summed E-state index contributed by atoms with van der Waals surface area (Å²) in [4.78, 5) is 9.99. The second-order valence-electron chi connectivity index (χ2n) is 2.26. The lowest BCUT2D eigenvalue weighted by Crippen LogP contribution is -2.38. The van der Waals surface area contributed by atoms with Crippen LogP contribution in [0.15, 0.2) is 0 Å². The van der Waals surface area contributed by atoms with Crippen LogP contribution >= 0.6 is 0 Å². The molecule has 0 spiro atoms. The van der Waals surface area contributed by atoms with Gasteiger partial charge in [0.1, 0.15) is 0 Å². The molecule has 1 fully saturated rings. The first-order valence-corrected chi connectivity index (χ1v) is 3.41. The first-order chi connectivity index (χ1) is 4.93. The monoisotopic (exact) mass is 144 g/mol. The predicted octanol–water partition coefficient (Wildman–Crippen LogP) is -1.28. The van der Waals surface area contributed by atoms with Crippen molar-refractivity contribution in [2.24, 2.45) is 0 Å². The van der Waals surface area contributed by atoms with Gasteiger partial charge < -0.3 is 15.4 Å². The quantitative estimate of drug-likeness (QED) is 0.475. The van der Waals surface area contributed by atoms with E-state index >= 15 is 0 Å². The number of nitrogens with one attached hydrogen (secondary N) is 2. The molecule has 0 radical (unpaired) electrons. The van der Waals surface area contributed by atoms with Gasteiger partial charge in [0.15, 0.2) is 0 Å². The number of ether oxygens (including phenoxy) is 1. The van der Waals surface area contributed by atoms with Crippen molar-refractivity contribution < 1.29 is 9.53 Å². The van der Waals surface area contributed by atoms with Gasteiger partial charge in [-0.25, -0.2) is 0 Å². The summed E-state index contributed by atoms with van der Waals surface area (Å²) in [5, 5.41) is 5.79. The third-order valence-corrected chi connectivity index (χ3v) is 1.44. The minimum Gasteiger partial charge on any atom is -0.378 e. The van der Waals surface area contributed by atoms with Gasteiger partial charge in [0.05, 0.1) is 19.3 Å². The predicted molar refractivity (Wildman–Crippen MR) is 36.7 cm³/mol. The Hall–Kier alpha value is -0.610. The van der Waals surface area contributed by atoms with E-state index in [9.17, 15) is 4.79 Å². The van der Waals surface area contributed by atoms with Gasteiger partial charge in [-0.1, -0.05) is 0 Å². The molecule has 1 aliphatic heterocycles. The summed E-state index contributed by atoms with van der Waals surface area (Å²) in [7, 11) is 0. The lowest BCUT2D eigenvalue weighted by atomic mass is 10.3. The highest BCUT2D eigenvalue weighted by molar-refractivity contribution is 5.46. The maximum Gasteiger partial charge on any atom is 0.207 e. The van der Waals surface area contributed by atoms with Crippen molar-refractivity contribution in [2.75, 3.05) is 26.3 Å². The van der Waals surface area contributed by atoms with Crippen LogP contribution < -0.4 is 10.6 Å². The maximum absolute atomic E-state index is 9.99. The van der Waals surface area contributed by atoms with Gasteiger partial charge in [0.25, 0.3) is 0 Å². The zero-order valence-corrected chi connectivity index (χ0v) is 5.80. The molecule has 1 heterocycles. The third-order valence-electron chi connectivity index (χ3n) is 1.44. The number of rotatable bonds is 2. The number of hydrogen-bond donors (Lipinski definition) is 2. The van der Waals surface area contributed by atoms with E-state index in [-0.39, 0.29) is 6.04 Å². The molecule has 1 atom stereocenters. The summed E-state index contributed by atoms with van der Waals surface area (Å²) in [5.41, 5.74) is 0. The molecule has 0 aromatic carbocycles. The Balaban J connectivity index is 2.21. The molecule has 58 valence electrons. The molecule has 1 aliphatic rings. The molecule has 0 aromatic rings. The smallest absolute Gasteiger partial charge is 0.207 e. The average Bonchev–Trinajstić information content (AvgIpc) is 2.17. The summed E-state index contributed by atoms with van der Waals surface area (Å²) in [6.45, 7) is 3.03. The second kappa shape index (κ2) is 4.24. The topological polar surface area (TPSA) is 50.4 Å². The number of hydrogen-bond acceptors (Lipinski definition) is 3. The van der Waals surface area contributed by atoms with E-state index in [1.54, 1.807) is 0 Å². The minimum atomic E-state index is 0.139. The van der Waals surface area contributed by atoms with Crippen molar-refractivity contribution in [3.63, 3.8) is 0 Å². The number of carbonyl (C=O) groups is 1. The zero-order chi connectivity index (χ0) is 7.23. The maximum atomic E-state index is 9.99. The molecule has 0 aliphatic carbocycles. The summed E-state index contributed by atoms with van der Waals surface area (Å²) in [5.74, 6) is 0. The fraction of sp³-hybridized carbons (Fsp3) is 0.833. The van der Waals surface area contributed by atoms with E-state index in [1.807, 2.05) is 0 Å². The molecule has 0 bridgehead atoms. The molecule has 4 heteroatoms. The van der Waals surface area contributed by atoms with Crippen LogP contribution in [0.1, 0.15) is 0 Å². The normalized spacial score (nSPS) is 27.0. The molecule has 2 N–H and O–H groups in total. The molecule has 1 amide bonds. The van der Waals surface area contributed by atoms with Crippen LogP contribution in [0.4, 0.5) is 0 Å². The lowest BCUT2D eigenvalue weighted by molar-refractivity contribution is -0.110. The fourth-order valence-corrected chi connectivity index (χ4v) is 0.908. The fourth-order valence-electron chi connectivity index (χ4n) is 0.908. The van der Waals surface area contributed by atoms with Crippen LogP contribution in [-0.2, 0) is 9.53 Å². The lowest BCUT2D eigenvalue weighted by Gasteiger charge is -2.10. The van der Waals surface area contributed by atoms with Gasteiger partial charge in [-0.2, -0.15) is 0 Å². The van der Waals surface area contributed by atoms with E-state index in [0.29, 0.717) is 13.0 Å². The highest BCUT2D eigenvalue weighted by Gasteiger charge is 2.09. The molecular formula is C6H12N2O2. The van der Waals surface area contributed by atoms with Gasteiger partial charge in [-0.15, -0.1) is 0 Å². The van der Waals surface area contributed by atoms with Crippen molar-refractivity contribution in [2.45, 2.75) is 6.04 Å². The summed E-state index contributed by atoms with van der Waals surface area (Å²) < 4.78 is 5.18. The molecule has 10 heavy (non-hydrogen) atoms. The Morgan fingerprint density at radius 2 is 2.60 bits per heavy atom. The van der Waals surface area contributed by atoms with E-state index in [2.05, 4.69) is 10.6 Å². The molecular weight excluding hydrogens is 132 g/mol. The number of amides is 1. The van der Waals surface area contributed by atoms with Gasteiger partial charge in [-0.3, -0.25) is 4.79 Å². The third kappa shape index (κ3) is 2.33. The largest absolute Gasteiger partial charge is 0.378 e. The number of carbonyl (C=O) groups excluding carboxylic acids is 1. The van der Waals surface area contributed by atoms with Crippen LogP contribution in [0.25, 0.3) is 0 Å². The van der Waals surface area contributed by atoms with E-state index in [4.69, 9.17) is 4.74 Å². The first kappa shape index (κ1) is 7.50. The van der Waals surface area contributed by atoms with Gasteiger partial charge in [-0.05, 0) is 0 Å². The Morgan fingerprint density at radius 3 is 3.40 bits per heavy atom. The summed E-state index contributed by atoms with van der Waals surface area (Å²) in [6.07, 6.45) is 0.709. The van der Waals surface area contributed by atoms with Gasteiger partial charge >= 0.3 is 0 Å². The SMILES string of the molecule is O=CNC1CNCCOC1. The Bertz CT molecular complexity index is 99.9. The van der Waals surface area contributed by atoms with E-state index in [0.717, 1.165) is 19.7 Å². The van der Waals surface area contributed by atoms with E-state index in [1.165, 1.54) is 0 Å². The Labute approximate surface area is 59.9 Å². The molecule has 0 saturated carbocycles. The summed E-state index contributed by atoms with van der Waals surface area (Å²) >= 11 is 0. The molecule has 1 saturated heterocycles. The van der Waals surface area contributed by atoms with Crippen molar-refractivity contribution in [1.82, 2.24) is 10.6 Å². The highest BCUT2D eigenvalue weighted by atomic mass is 16.5. The molecule has 1 unspecified atom stereocenters. The average molecular weight is 144 g/mol. The molecule has 1 rings (SSSR count). The summed E-state index contributed by atoms with van der Waals surface area (Å²) in [6, 6.07) is 0.139. The van der Waals surface area contributed by atoms with Crippen LogP contribution in [-0.4, -0.2) is 38.8 Å². The second-order valence-corrected chi connectivity index (χ2v) is 2.26. The highest BCUT2D eigenvalue weighted by Crippen LogP contribution is 1.87. The molecule has 4 nitrogen and oxygen atoms in total. The minimum absolute atomic E-state index is 0.139. The van der Waals surface area contributed by atoms with Gasteiger partial charge in [0, 0.05) is 13.1 Å². The van der Waals surface area contributed by atoms with Crippen LogP contribution in [0.5, 0.6) is 0 Å². The molecule has 0 aromatic heterocycles. The van der Waals surface area contributed by atoms with E-state index < -0.39 is 0 Å². The Morgan fingerprint density at radius 1 is 1.70 bits per heavy atom. The first-order valence-electron chi connectivity index (χ1n) is 3.41. The van der Waals surface area contributed by atoms with Gasteiger partial charge in [0.2, 0.25) is 6.41 Å². The van der Waals surface area contributed by atoms with Crippen LogP contribution in [0.3, 0.4) is 0 Å². The van der Waals surface area contributed by atoms with Crippen molar-refractivity contribution >= 4 is 6.41 Å². The van der Waals surface area contributed by atoms with Crippen molar-refractivity contribution in [3.05, 3.63) is 0 Å². The van der Waals surface area contributed by atoms with Crippen LogP contribution in [0.2, 0.25) is 0 Å².